The first-order valence-corrected chi connectivity index (χ1v) is 8.03. The number of carbonyl (C=O) groups excluding carboxylic acids is 2. The highest BCUT2D eigenvalue weighted by molar-refractivity contribution is 8.00. The average molecular weight is 347 g/mol. The van der Waals surface area contributed by atoms with Gasteiger partial charge in [0.15, 0.2) is 0 Å². The van der Waals surface area contributed by atoms with Crippen LogP contribution in [-0.4, -0.2) is 37.1 Å². The van der Waals surface area contributed by atoms with E-state index in [4.69, 9.17) is 0 Å². The molecule has 0 bridgehead atoms. The van der Waals surface area contributed by atoms with Gasteiger partial charge < -0.3 is 4.57 Å². The van der Waals surface area contributed by atoms with Gasteiger partial charge in [0.25, 0.3) is 17.5 Å². The van der Waals surface area contributed by atoms with Crippen LogP contribution < -0.4 is 5.43 Å². The lowest BCUT2D eigenvalue weighted by Crippen LogP contribution is -2.45. The smallest absolute Gasteiger partial charge is 0.275 e. The zero-order chi connectivity index (χ0) is 17.1. The lowest BCUT2D eigenvalue weighted by Gasteiger charge is -2.24. The zero-order valence-electron chi connectivity index (χ0n) is 12.4. The fourth-order valence-corrected chi connectivity index (χ4v) is 3.49. The van der Waals surface area contributed by atoms with Crippen molar-refractivity contribution in [1.29, 1.82) is 0 Å². The Labute approximate surface area is 140 Å². The second kappa shape index (κ2) is 6.71. The Morgan fingerprint density at radius 1 is 1.46 bits per heavy atom. The number of nitro groups is 1. The lowest BCUT2D eigenvalue weighted by molar-refractivity contribution is -0.385. The summed E-state index contributed by atoms with van der Waals surface area (Å²) >= 11 is 1.23. The predicted molar refractivity (Wildman–Crippen MR) is 85.5 cm³/mol. The average Bonchev–Trinajstić information content (AvgIpc) is 3.18. The van der Waals surface area contributed by atoms with Gasteiger partial charge in [0, 0.05) is 18.5 Å². The van der Waals surface area contributed by atoms with E-state index in [9.17, 15) is 19.7 Å². The highest BCUT2D eigenvalue weighted by atomic mass is 32.2. The molecule has 1 aliphatic rings. The predicted octanol–water partition coefficient (Wildman–Crippen LogP) is 1.10. The molecule has 0 spiro atoms. The number of aromatic nitrogens is 2. The number of nitrogens with one attached hydrogen (secondary N) is 1. The molecule has 9 nitrogen and oxygen atoms in total. The van der Waals surface area contributed by atoms with Gasteiger partial charge in [0.2, 0.25) is 0 Å². The Morgan fingerprint density at radius 3 is 2.96 bits per heavy atom. The van der Waals surface area contributed by atoms with Gasteiger partial charge >= 0.3 is 0 Å². The third-order valence-corrected chi connectivity index (χ3v) is 4.59. The molecule has 2 aromatic rings. The molecule has 1 fully saturated rings. The van der Waals surface area contributed by atoms with Gasteiger partial charge in [-0.3, -0.25) is 25.1 Å². The molecule has 10 heteroatoms. The number of imidazole rings is 1. The van der Waals surface area contributed by atoms with E-state index in [0.29, 0.717) is 5.56 Å². The minimum atomic E-state index is -0.633. The van der Waals surface area contributed by atoms with Crippen LogP contribution in [0.1, 0.15) is 10.9 Å². The summed E-state index contributed by atoms with van der Waals surface area (Å²) < 4.78 is 1.56. The van der Waals surface area contributed by atoms with Crippen LogP contribution in [0.4, 0.5) is 5.69 Å². The Morgan fingerprint density at radius 2 is 2.25 bits per heavy atom. The number of hydrogen-bond donors (Lipinski definition) is 1. The van der Waals surface area contributed by atoms with Crippen LogP contribution in [0.15, 0.2) is 43.0 Å². The molecule has 0 radical (unpaired) electrons. The topological polar surface area (TPSA) is 110 Å². The lowest BCUT2D eigenvalue weighted by atomic mass is 10.1. The van der Waals surface area contributed by atoms with Crippen molar-refractivity contribution in [2.24, 2.45) is 0 Å². The number of thioether (sulfide) groups is 1. The first-order chi connectivity index (χ1) is 11.6. The second-order valence-corrected chi connectivity index (χ2v) is 6.08. The van der Waals surface area contributed by atoms with Gasteiger partial charge in [-0.05, 0) is 6.07 Å². The molecular weight excluding hydrogens is 334 g/mol. The van der Waals surface area contributed by atoms with Crippen LogP contribution in [0.2, 0.25) is 0 Å². The van der Waals surface area contributed by atoms with Crippen molar-refractivity contribution in [3.05, 3.63) is 58.7 Å². The molecule has 1 saturated heterocycles. The second-order valence-electron chi connectivity index (χ2n) is 5.01. The monoisotopic (exact) mass is 347 g/mol. The summed E-state index contributed by atoms with van der Waals surface area (Å²) in [5.74, 6) is -0.572. The van der Waals surface area contributed by atoms with Gasteiger partial charge in [-0.25, -0.2) is 9.99 Å². The number of nitro benzene ring substituents is 1. The van der Waals surface area contributed by atoms with Crippen molar-refractivity contribution in [2.45, 2.75) is 11.9 Å². The van der Waals surface area contributed by atoms with Crippen molar-refractivity contribution in [2.75, 3.05) is 5.75 Å². The fourth-order valence-electron chi connectivity index (χ4n) is 2.35. The maximum absolute atomic E-state index is 12.1. The van der Waals surface area contributed by atoms with Crippen molar-refractivity contribution in [3.8, 4) is 0 Å². The molecule has 1 aliphatic heterocycles. The molecule has 2 amide bonds. The summed E-state index contributed by atoms with van der Waals surface area (Å²) in [6, 6.07) is 6.19. The number of rotatable bonds is 5. The van der Waals surface area contributed by atoms with Crippen LogP contribution >= 0.6 is 11.8 Å². The largest absolute Gasteiger partial charge is 0.328 e. The Hall–Kier alpha value is -2.88. The minimum Gasteiger partial charge on any atom is -0.328 e. The normalized spacial score (nSPS) is 17.1. The molecule has 2 heterocycles. The summed E-state index contributed by atoms with van der Waals surface area (Å²) in [6.45, 7) is -0.00193. The van der Waals surface area contributed by atoms with Gasteiger partial charge in [0.1, 0.15) is 11.9 Å². The Balaban J connectivity index is 1.80. The number of nitrogens with zero attached hydrogens (tertiary/aromatic N) is 4. The molecule has 0 saturated carbocycles. The minimum absolute atomic E-state index is 0.00193. The first-order valence-electron chi connectivity index (χ1n) is 6.98. The van der Waals surface area contributed by atoms with E-state index in [-0.39, 0.29) is 23.9 Å². The molecule has 1 unspecified atom stereocenters. The Kier molecular flexibility index (Phi) is 4.47. The van der Waals surface area contributed by atoms with Gasteiger partial charge in [0.05, 0.1) is 22.6 Å². The van der Waals surface area contributed by atoms with Crippen molar-refractivity contribution in [3.63, 3.8) is 0 Å². The van der Waals surface area contributed by atoms with Gasteiger partial charge in [-0.2, -0.15) is 0 Å². The summed E-state index contributed by atoms with van der Waals surface area (Å²) in [5.41, 5.74) is 2.83. The van der Waals surface area contributed by atoms with E-state index in [2.05, 4.69) is 10.4 Å². The maximum Gasteiger partial charge on any atom is 0.275 e. The van der Waals surface area contributed by atoms with E-state index in [1.807, 2.05) is 0 Å². The molecule has 1 aromatic heterocycles. The number of amides is 2. The van der Waals surface area contributed by atoms with E-state index >= 15 is 0 Å². The molecule has 1 aromatic carbocycles. The third kappa shape index (κ3) is 3.23. The molecule has 1 atom stereocenters. The molecule has 1 N–H and O–H groups in total. The molecule has 0 aliphatic carbocycles. The summed E-state index contributed by atoms with van der Waals surface area (Å²) in [6.07, 6.45) is 4.65. The van der Waals surface area contributed by atoms with Crippen LogP contribution in [0.5, 0.6) is 0 Å². The zero-order valence-corrected chi connectivity index (χ0v) is 13.2. The molecular formula is C14H13N5O4S. The maximum atomic E-state index is 12.1. The fraction of sp³-hybridized carbons (Fsp3) is 0.214. The van der Waals surface area contributed by atoms with E-state index < -0.39 is 16.2 Å². The summed E-state index contributed by atoms with van der Waals surface area (Å²) in [7, 11) is 0. The SMILES string of the molecule is O=C(Cn1ccnc1)NN1C(=O)CSC1c1ccccc1[N+](=O)[O-]. The number of hydrogen-bond acceptors (Lipinski definition) is 6. The molecule has 124 valence electrons. The van der Waals surface area contributed by atoms with E-state index in [1.54, 1.807) is 35.2 Å². The molecule has 3 rings (SSSR count). The number of para-hydroxylation sites is 1. The molecule has 24 heavy (non-hydrogen) atoms. The standard InChI is InChI=1S/C14H13N5O4S/c20-12(7-17-6-5-15-9-17)16-18-13(21)8-24-14(18)10-3-1-2-4-11(10)19(22)23/h1-6,9,14H,7-8H2,(H,16,20). The summed E-state index contributed by atoms with van der Waals surface area (Å²) in [5, 5.41) is 11.7. The van der Waals surface area contributed by atoms with Crippen molar-refractivity contribution in [1.82, 2.24) is 20.0 Å². The number of hydrazine groups is 1. The highest BCUT2D eigenvalue weighted by Gasteiger charge is 2.37. The quantitative estimate of drug-likeness (QED) is 0.640. The van der Waals surface area contributed by atoms with Gasteiger partial charge in [-0.15, -0.1) is 11.8 Å². The van der Waals surface area contributed by atoms with Crippen molar-refractivity contribution < 1.29 is 14.5 Å². The van der Waals surface area contributed by atoms with Crippen molar-refractivity contribution >= 4 is 29.3 Å². The number of carbonyl (C=O) groups is 2. The van der Waals surface area contributed by atoms with Crippen LogP contribution in [0, 0.1) is 10.1 Å². The van der Waals surface area contributed by atoms with Gasteiger partial charge in [-0.1, -0.05) is 12.1 Å². The van der Waals surface area contributed by atoms with Crippen LogP contribution in [0.3, 0.4) is 0 Å². The Bertz CT molecular complexity index is 779. The highest BCUT2D eigenvalue weighted by Crippen LogP contribution is 2.40. The van der Waals surface area contributed by atoms with E-state index in [1.165, 1.54) is 24.2 Å². The third-order valence-electron chi connectivity index (χ3n) is 3.40. The summed E-state index contributed by atoms with van der Waals surface area (Å²) in [4.78, 5) is 38.7. The van der Waals surface area contributed by atoms with Crippen LogP contribution in [-0.2, 0) is 16.1 Å². The first kappa shape index (κ1) is 16.0. The van der Waals surface area contributed by atoms with Crippen LogP contribution in [0.25, 0.3) is 0 Å². The van der Waals surface area contributed by atoms with E-state index in [0.717, 1.165) is 5.01 Å². The number of benzene rings is 1.